The fraction of sp³-hybridized carbons (Fsp3) is 0.259. The van der Waals surface area contributed by atoms with E-state index in [9.17, 15) is 4.79 Å². The van der Waals surface area contributed by atoms with Gasteiger partial charge in [-0.15, -0.1) is 0 Å². The Morgan fingerprint density at radius 1 is 1.23 bits per heavy atom. The smallest absolute Gasteiger partial charge is 0.253 e. The van der Waals surface area contributed by atoms with Gasteiger partial charge in [-0.3, -0.25) is 4.79 Å². The predicted molar refractivity (Wildman–Crippen MR) is 141 cm³/mol. The summed E-state index contributed by atoms with van der Waals surface area (Å²) >= 11 is 0. The average Bonchev–Trinajstić information content (AvgIpc) is 2.88. The summed E-state index contributed by atoms with van der Waals surface area (Å²) in [7, 11) is 1.60. The Morgan fingerprint density at radius 3 is 2.74 bits per heavy atom. The van der Waals surface area contributed by atoms with Gasteiger partial charge in [-0.1, -0.05) is 31.9 Å². The lowest BCUT2D eigenvalue weighted by Crippen LogP contribution is -2.49. The number of benzene rings is 1. The number of carbonyl (C=O) groups is 1. The zero-order valence-corrected chi connectivity index (χ0v) is 20.3. The molecule has 0 spiro atoms. The molecule has 2 aliphatic rings. The third-order valence-electron chi connectivity index (χ3n) is 5.51. The van der Waals surface area contributed by atoms with Crippen LogP contribution in [0.2, 0.25) is 0 Å². The van der Waals surface area contributed by atoms with Crippen LogP contribution in [0.5, 0.6) is 0 Å². The molecule has 1 unspecified atom stereocenters. The molecule has 0 bridgehead atoms. The second-order valence-corrected chi connectivity index (χ2v) is 7.89. The summed E-state index contributed by atoms with van der Waals surface area (Å²) in [4.78, 5) is 18.8. The number of fused-ring (bicyclic) bond motifs is 1. The molecule has 8 nitrogen and oxygen atoms in total. The molecule has 0 saturated carbocycles. The van der Waals surface area contributed by atoms with Gasteiger partial charge in [0.05, 0.1) is 36.2 Å². The van der Waals surface area contributed by atoms with Crippen molar-refractivity contribution in [3.63, 3.8) is 0 Å². The number of amidine groups is 1. The fourth-order valence-corrected chi connectivity index (χ4v) is 3.86. The number of nitrogens with zero attached hydrogens (tertiary/aromatic N) is 2. The van der Waals surface area contributed by atoms with Crippen molar-refractivity contribution in [1.29, 1.82) is 0 Å². The average molecular weight is 476 g/mol. The van der Waals surface area contributed by atoms with Crippen molar-refractivity contribution in [3.05, 3.63) is 103 Å². The van der Waals surface area contributed by atoms with Crippen molar-refractivity contribution in [1.82, 2.24) is 15.5 Å². The molecule has 0 radical (unpaired) electrons. The van der Waals surface area contributed by atoms with Crippen molar-refractivity contribution in [2.75, 3.05) is 38.7 Å². The number of anilines is 1. The van der Waals surface area contributed by atoms with Gasteiger partial charge < -0.3 is 30.3 Å². The number of amides is 1. The lowest BCUT2D eigenvalue weighted by atomic mass is 10.1. The fourth-order valence-electron chi connectivity index (χ4n) is 3.86. The number of para-hydroxylation sites is 1. The number of rotatable bonds is 9. The molecule has 0 aliphatic carbocycles. The van der Waals surface area contributed by atoms with E-state index in [2.05, 4.69) is 45.6 Å². The highest BCUT2D eigenvalue weighted by Gasteiger charge is 2.30. The molecule has 3 N–H and O–H groups in total. The highest BCUT2D eigenvalue weighted by Crippen LogP contribution is 2.26. The summed E-state index contributed by atoms with van der Waals surface area (Å²) < 4.78 is 11.6. The van der Waals surface area contributed by atoms with Gasteiger partial charge in [-0.25, -0.2) is 4.99 Å². The van der Waals surface area contributed by atoms with E-state index in [0.29, 0.717) is 48.4 Å². The molecule has 2 heterocycles. The van der Waals surface area contributed by atoms with E-state index in [1.54, 1.807) is 25.3 Å². The van der Waals surface area contributed by atoms with Gasteiger partial charge in [0, 0.05) is 37.3 Å². The summed E-state index contributed by atoms with van der Waals surface area (Å²) in [5.74, 6) is 1.07. The van der Waals surface area contributed by atoms with Crippen LogP contribution in [0.1, 0.15) is 17.3 Å². The zero-order valence-electron chi connectivity index (χ0n) is 20.3. The van der Waals surface area contributed by atoms with E-state index in [-0.39, 0.29) is 11.9 Å². The lowest BCUT2D eigenvalue weighted by molar-refractivity contribution is -0.0319. The summed E-state index contributed by atoms with van der Waals surface area (Å²) in [5.41, 5.74) is 3.63. The molecule has 1 amide bonds. The van der Waals surface area contributed by atoms with Crippen LogP contribution in [0.4, 0.5) is 5.69 Å². The van der Waals surface area contributed by atoms with E-state index in [1.807, 2.05) is 37.3 Å². The van der Waals surface area contributed by atoms with Gasteiger partial charge in [0.2, 0.25) is 0 Å². The number of carbonyl (C=O) groups excluding carboxylic acids is 1. The van der Waals surface area contributed by atoms with Gasteiger partial charge in [0.25, 0.3) is 5.91 Å². The minimum Gasteiger partial charge on any atom is -0.489 e. The van der Waals surface area contributed by atoms with E-state index < -0.39 is 0 Å². The number of ether oxygens (including phenoxy) is 2. The first kappa shape index (κ1) is 25.6. The van der Waals surface area contributed by atoms with Crippen molar-refractivity contribution < 1.29 is 14.3 Å². The molecular weight excluding hydrogens is 442 g/mol. The molecule has 0 aromatic heterocycles. The number of allylic oxidation sites excluding steroid dienone is 4. The molecule has 1 aromatic rings. The van der Waals surface area contributed by atoms with E-state index in [1.165, 1.54) is 6.20 Å². The van der Waals surface area contributed by atoms with Crippen molar-refractivity contribution in [3.8, 4) is 0 Å². The first-order chi connectivity index (χ1) is 17.0. The van der Waals surface area contributed by atoms with Crippen LogP contribution in [0.15, 0.2) is 102 Å². The van der Waals surface area contributed by atoms with Crippen molar-refractivity contribution >= 4 is 17.4 Å². The SMILES string of the molecule is C=CN=C(/C=C(\C)Nc1ccccc1C(=O)NC)N/C(C=C)=C/C1=C(C=C)N2CCOCC2CO1. The highest BCUT2D eigenvalue weighted by atomic mass is 16.5. The normalized spacial score (nSPS) is 18.7. The molecule has 2 aliphatic heterocycles. The van der Waals surface area contributed by atoms with Gasteiger partial charge in [0.15, 0.2) is 0 Å². The molecule has 8 heteroatoms. The second-order valence-electron chi connectivity index (χ2n) is 7.89. The van der Waals surface area contributed by atoms with Crippen LogP contribution in [-0.4, -0.2) is 56.1 Å². The molecule has 1 aromatic carbocycles. The van der Waals surface area contributed by atoms with Gasteiger partial charge >= 0.3 is 0 Å². The first-order valence-corrected chi connectivity index (χ1v) is 11.4. The Morgan fingerprint density at radius 2 is 2.03 bits per heavy atom. The van der Waals surface area contributed by atoms with Crippen molar-refractivity contribution in [2.24, 2.45) is 4.99 Å². The maximum Gasteiger partial charge on any atom is 0.253 e. The number of aliphatic imine (C=N–C) groups is 1. The third kappa shape index (κ3) is 6.51. The largest absolute Gasteiger partial charge is 0.489 e. The Hall–Kier alpha value is -4.04. The Labute approximate surface area is 207 Å². The Balaban J connectivity index is 1.83. The topological polar surface area (TPSA) is 87.2 Å². The highest BCUT2D eigenvalue weighted by molar-refractivity contribution is 6.00. The monoisotopic (exact) mass is 475 g/mol. The second kappa shape index (κ2) is 12.4. The van der Waals surface area contributed by atoms with Crippen LogP contribution in [0.25, 0.3) is 0 Å². The van der Waals surface area contributed by atoms with Crippen LogP contribution >= 0.6 is 0 Å². The molecular formula is C27H33N5O3. The molecule has 1 fully saturated rings. The van der Waals surface area contributed by atoms with E-state index in [0.717, 1.165) is 17.9 Å². The summed E-state index contributed by atoms with van der Waals surface area (Å²) in [6, 6.07) is 7.48. The lowest BCUT2D eigenvalue weighted by Gasteiger charge is -2.41. The van der Waals surface area contributed by atoms with E-state index in [4.69, 9.17) is 9.47 Å². The minimum atomic E-state index is -0.169. The summed E-state index contributed by atoms with van der Waals surface area (Å²) in [5, 5.41) is 9.19. The van der Waals surface area contributed by atoms with Gasteiger partial charge in [-0.05, 0) is 37.3 Å². The molecule has 184 valence electrons. The third-order valence-corrected chi connectivity index (χ3v) is 5.51. The van der Waals surface area contributed by atoms with Gasteiger partial charge in [-0.2, -0.15) is 0 Å². The molecule has 3 rings (SSSR count). The quantitative estimate of drug-likeness (QED) is 0.287. The van der Waals surface area contributed by atoms with Crippen LogP contribution in [-0.2, 0) is 9.47 Å². The number of morpholine rings is 1. The number of nitrogens with one attached hydrogen (secondary N) is 3. The van der Waals surface area contributed by atoms with Gasteiger partial charge in [0.1, 0.15) is 18.2 Å². The first-order valence-electron chi connectivity index (χ1n) is 11.4. The van der Waals surface area contributed by atoms with Crippen LogP contribution in [0.3, 0.4) is 0 Å². The molecule has 1 atom stereocenters. The standard InChI is InChI=1S/C27H33N5O3/c1-6-20(16-25-24(7-2)32-13-14-34-17-21(32)18-35-25)31-26(29-8-3)15-19(4)30-23-12-10-9-11-22(23)27(33)28-5/h6-12,15-16,21,30H,1-3,13-14,17-18H2,4-5H3,(H,28,33)(H,29,31)/b19-15+,20-16+. The van der Waals surface area contributed by atoms with Crippen molar-refractivity contribution in [2.45, 2.75) is 13.0 Å². The predicted octanol–water partition coefficient (Wildman–Crippen LogP) is 3.69. The maximum atomic E-state index is 12.2. The number of hydrogen-bond acceptors (Lipinski definition) is 6. The minimum absolute atomic E-state index is 0.169. The molecule has 1 saturated heterocycles. The van der Waals surface area contributed by atoms with Crippen LogP contribution < -0.4 is 16.0 Å². The Kier molecular flexibility index (Phi) is 9.09. The molecule has 35 heavy (non-hydrogen) atoms. The summed E-state index contributed by atoms with van der Waals surface area (Å²) in [6.45, 7) is 16.1. The van der Waals surface area contributed by atoms with E-state index >= 15 is 0 Å². The number of hydrogen-bond donors (Lipinski definition) is 3. The zero-order chi connectivity index (χ0) is 25.2. The van der Waals surface area contributed by atoms with Crippen LogP contribution in [0, 0.1) is 0 Å². The maximum absolute atomic E-state index is 12.2. The summed E-state index contributed by atoms with van der Waals surface area (Å²) in [6.07, 6.45) is 8.66. The Bertz CT molecular complexity index is 1100.